The van der Waals surface area contributed by atoms with Crippen molar-refractivity contribution in [2.24, 2.45) is 0 Å². The largest absolute Gasteiger partial charge is 0.464 e. The van der Waals surface area contributed by atoms with E-state index in [2.05, 4.69) is 26.8 Å². The maximum atomic E-state index is 5.44. The fourth-order valence-electron chi connectivity index (χ4n) is 2.62. The summed E-state index contributed by atoms with van der Waals surface area (Å²) < 4.78 is 7.53. The molecule has 0 unspecified atom stereocenters. The first-order valence-corrected chi connectivity index (χ1v) is 7.14. The molecule has 1 aromatic carbocycles. The highest BCUT2D eigenvalue weighted by atomic mass is 16.3. The summed E-state index contributed by atoms with van der Waals surface area (Å²) in [5, 5.41) is 3.16. The molecule has 0 fully saturated rings. The Morgan fingerprint density at radius 3 is 2.82 bits per heavy atom. The lowest BCUT2D eigenvalue weighted by Gasteiger charge is -2.05. The van der Waals surface area contributed by atoms with E-state index in [0.717, 1.165) is 33.9 Å². The summed E-state index contributed by atoms with van der Waals surface area (Å²) in [5.41, 5.74) is 5.21. The van der Waals surface area contributed by atoms with Crippen molar-refractivity contribution in [3.8, 4) is 22.6 Å². The number of hydrogen-bond donors (Lipinski definition) is 1. The topological polar surface area (TPSA) is 42.5 Å². The quantitative estimate of drug-likeness (QED) is 0.611. The third-order valence-electron chi connectivity index (χ3n) is 3.77. The number of imidazole rings is 1. The zero-order chi connectivity index (χ0) is 14.9. The van der Waals surface area contributed by atoms with Crippen LogP contribution in [0.15, 0.2) is 71.6 Å². The van der Waals surface area contributed by atoms with Crippen molar-refractivity contribution >= 4 is 11.3 Å². The van der Waals surface area contributed by atoms with Gasteiger partial charge < -0.3 is 9.73 Å². The molecule has 22 heavy (non-hydrogen) atoms. The number of nitrogens with zero attached hydrogens (tertiary/aromatic N) is 2. The zero-order valence-electron chi connectivity index (χ0n) is 12.2. The molecular formula is C18H15N3O. The molecule has 0 atom stereocenters. The second-order valence-electron chi connectivity index (χ2n) is 5.10. The number of anilines is 1. The number of rotatable bonds is 3. The molecule has 0 spiro atoms. The maximum absolute atomic E-state index is 5.44. The Morgan fingerprint density at radius 1 is 1.05 bits per heavy atom. The van der Waals surface area contributed by atoms with Crippen LogP contribution in [-0.4, -0.2) is 16.4 Å². The van der Waals surface area contributed by atoms with Crippen LogP contribution in [0, 0.1) is 0 Å². The minimum absolute atomic E-state index is 0.851. The van der Waals surface area contributed by atoms with E-state index in [1.54, 1.807) is 6.26 Å². The van der Waals surface area contributed by atoms with Crippen molar-refractivity contribution in [1.82, 2.24) is 9.38 Å². The number of furan rings is 1. The second-order valence-corrected chi connectivity index (χ2v) is 5.10. The highest BCUT2D eigenvalue weighted by Gasteiger charge is 2.08. The standard InChI is InChI=1S/C18H15N3O/c1-19-15-5-2-4-13(10-15)16-12-20-18-11-14(7-8-21(16)18)17-6-3-9-22-17/h2-12,19H,1H3. The molecule has 0 aliphatic rings. The van der Waals surface area contributed by atoms with Crippen LogP contribution >= 0.6 is 0 Å². The van der Waals surface area contributed by atoms with Gasteiger partial charge in [0.25, 0.3) is 0 Å². The van der Waals surface area contributed by atoms with Crippen LogP contribution in [0.4, 0.5) is 5.69 Å². The fraction of sp³-hybridized carbons (Fsp3) is 0.0556. The number of aromatic nitrogens is 2. The third-order valence-corrected chi connectivity index (χ3v) is 3.77. The van der Waals surface area contributed by atoms with Gasteiger partial charge in [0.15, 0.2) is 0 Å². The van der Waals surface area contributed by atoms with E-state index in [4.69, 9.17) is 4.42 Å². The van der Waals surface area contributed by atoms with Crippen LogP contribution < -0.4 is 5.32 Å². The van der Waals surface area contributed by atoms with Crippen molar-refractivity contribution in [2.75, 3.05) is 12.4 Å². The molecule has 0 radical (unpaired) electrons. The minimum atomic E-state index is 0.851. The molecule has 0 bridgehead atoms. The SMILES string of the molecule is CNc1cccc(-c2cnc3cc(-c4ccco4)ccn23)c1. The van der Waals surface area contributed by atoms with E-state index in [-0.39, 0.29) is 0 Å². The van der Waals surface area contributed by atoms with E-state index in [9.17, 15) is 0 Å². The molecule has 3 aromatic heterocycles. The Balaban J connectivity index is 1.83. The lowest BCUT2D eigenvalue weighted by atomic mass is 10.1. The van der Waals surface area contributed by atoms with Crippen molar-refractivity contribution in [3.05, 3.63) is 67.2 Å². The van der Waals surface area contributed by atoms with Gasteiger partial charge in [-0.1, -0.05) is 12.1 Å². The molecule has 1 N–H and O–H groups in total. The minimum Gasteiger partial charge on any atom is -0.464 e. The average Bonchev–Trinajstić information content (AvgIpc) is 3.23. The highest BCUT2D eigenvalue weighted by molar-refractivity contribution is 5.70. The summed E-state index contributed by atoms with van der Waals surface area (Å²) in [6.45, 7) is 0. The van der Waals surface area contributed by atoms with Gasteiger partial charge in [-0.2, -0.15) is 0 Å². The van der Waals surface area contributed by atoms with Gasteiger partial charge in [0.2, 0.25) is 0 Å². The average molecular weight is 289 g/mol. The van der Waals surface area contributed by atoms with Gasteiger partial charge in [-0.25, -0.2) is 4.98 Å². The summed E-state index contributed by atoms with van der Waals surface area (Å²) in [6.07, 6.45) is 5.61. The van der Waals surface area contributed by atoms with Crippen LogP contribution in [0.25, 0.3) is 28.2 Å². The highest BCUT2D eigenvalue weighted by Crippen LogP contribution is 2.26. The summed E-state index contributed by atoms with van der Waals surface area (Å²) in [4.78, 5) is 4.52. The van der Waals surface area contributed by atoms with Gasteiger partial charge >= 0.3 is 0 Å². The number of benzene rings is 1. The Morgan fingerprint density at radius 2 is 2.00 bits per heavy atom. The lowest BCUT2D eigenvalue weighted by Crippen LogP contribution is -1.91. The molecule has 0 amide bonds. The molecule has 108 valence electrons. The van der Waals surface area contributed by atoms with Gasteiger partial charge in [-0.05, 0) is 36.4 Å². The lowest BCUT2D eigenvalue weighted by molar-refractivity contribution is 0.582. The van der Waals surface area contributed by atoms with Gasteiger partial charge in [-0.3, -0.25) is 4.40 Å². The predicted octanol–water partition coefficient (Wildman–Crippen LogP) is 4.30. The zero-order valence-corrected chi connectivity index (χ0v) is 12.2. The monoisotopic (exact) mass is 289 g/mol. The van der Waals surface area contributed by atoms with Gasteiger partial charge in [0.1, 0.15) is 11.4 Å². The molecule has 0 saturated heterocycles. The number of nitrogens with one attached hydrogen (secondary N) is 1. The molecule has 4 aromatic rings. The van der Waals surface area contributed by atoms with Crippen LogP contribution in [0.1, 0.15) is 0 Å². The van der Waals surface area contributed by atoms with Crippen LogP contribution in [0.2, 0.25) is 0 Å². The van der Waals surface area contributed by atoms with Crippen molar-refractivity contribution in [3.63, 3.8) is 0 Å². The third kappa shape index (κ3) is 2.05. The van der Waals surface area contributed by atoms with Crippen molar-refractivity contribution in [2.45, 2.75) is 0 Å². The van der Waals surface area contributed by atoms with E-state index in [1.165, 1.54) is 0 Å². The van der Waals surface area contributed by atoms with Gasteiger partial charge in [0.05, 0.1) is 18.2 Å². The van der Waals surface area contributed by atoms with Crippen LogP contribution in [0.3, 0.4) is 0 Å². The Labute approximate surface area is 128 Å². The molecular weight excluding hydrogens is 274 g/mol. The molecule has 4 rings (SSSR count). The first kappa shape index (κ1) is 12.7. The van der Waals surface area contributed by atoms with E-state index < -0.39 is 0 Å². The normalized spacial score (nSPS) is 11.0. The van der Waals surface area contributed by atoms with Crippen LogP contribution in [0.5, 0.6) is 0 Å². The Bertz CT molecular complexity index is 923. The summed E-state index contributed by atoms with van der Waals surface area (Å²) in [5.74, 6) is 0.851. The Hall–Kier alpha value is -3.01. The Kier molecular flexibility index (Phi) is 2.93. The summed E-state index contributed by atoms with van der Waals surface area (Å²) in [6, 6.07) is 16.2. The molecule has 4 nitrogen and oxygen atoms in total. The van der Waals surface area contributed by atoms with Crippen molar-refractivity contribution < 1.29 is 4.42 Å². The number of fused-ring (bicyclic) bond motifs is 1. The first-order chi connectivity index (χ1) is 10.8. The molecule has 4 heteroatoms. The van der Waals surface area contributed by atoms with Crippen LogP contribution in [-0.2, 0) is 0 Å². The number of hydrogen-bond acceptors (Lipinski definition) is 3. The van der Waals surface area contributed by atoms with Crippen molar-refractivity contribution in [1.29, 1.82) is 0 Å². The molecule has 0 aliphatic carbocycles. The second kappa shape index (κ2) is 5.07. The summed E-state index contributed by atoms with van der Waals surface area (Å²) >= 11 is 0. The van der Waals surface area contributed by atoms with Gasteiger partial charge in [-0.15, -0.1) is 0 Å². The van der Waals surface area contributed by atoms with Gasteiger partial charge in [0, 0.05) is 30.1 Å². The predicted molar refractivity (Wildman–Crippen MR) is 87.9 cm³/mol. The van der Waals surface area contributed by atoms with E-state index >= 15 is 0 Å². The maximum Gasteiger partial charge on any atom is 0.137 e. The molecule has 0 aliphatic heterocycles. The van der Waals surface area contributed by atoms with E-state index in [1.807, 2.05) is 55.8 Å². The molecule has 3 heterocycles. The molecule has 0 saturated carbocycles. The summed E-state index contributed by atoms with van der Waals surface area (Å²) in [7, 11) is 1.92. The fourth-order valence-corrected chi connectivity index (χ4v) is 2.62. The number of pyridine rings is 1. The first-order valence-electron chi connectivity index (χ1n) is 7.14. The smallest absolute Gasteiger partial charge is 0.137 e. The van der Waals surface area contributed by atoms with E-state index in [0.29, 0.717) is 0 Å².